The average Bonchev–Trinajstić information content (AvgIpc) is 2.84. The van der Waals surface area contributed by atoms with Crippen molar-refractivity contribution < 1.29 is 14.6 Å². The summed E-state index contributed by atoms with van der Waals surface area (Å²) in [7, 11) is 0. The molecule has 0 bridgehead atoms. The number of nitrogens with zero attached hydrogens (tertiary/aromatic N) is 2. The number of carbonyl (C=O) groups is 1. The molecular weight excluding hydrogens is 268 g/mol. The summed E-state index contributed by atoms with van der Waals surface area (Å²) in [5, 5.41) is 9.20. The van der Waals surface area contributed by atoms with Crippen LogP contribution in [0, 0.1) is 6.92 Å². The van der Waals surface area contributed by atoms with Crippen LogP contribution < -0.4 is 4.74 Å². The Morgan fingerprint density at radius 1 is 1.29 bits per heavy atom. The fourth-order valence-corrected chi connectivity index (χ4v) is 2.21. The van der Waals surface area contributed by atoms with Crippen LogP contribution in [0.4, 0.5) is 0 Å². The highest BCUT2D eigenvalue weighted by Gasteiger charge is 2.16. The number of benzene rings is 1. The molecule has 0 spiro atoms. The van der Waals surface area contributed by atoms with E-state index in [4.69, 9.17) is 4.74 Å². The van der Waals surface area contributed by atoms with Crippen molar-refractivity contribution in [2.75, 3.05) is 0 Å². The van der Waals surface area contributed by atoms with Gasteiger partial charge < -0.3 is 9.84 Å². The van der Waals surface area contributed by atoms with E-state index in [1.165, 1.54) is 0 Å². The summed E-state index contributed by atoms with van der Waals surface area (Å²) in [5.74, 6) is 0.254. The van der Waals surface area contributed by atoms with E-state index in [0.717, 1.165) is 11.3 Å². The van der Waals surface area contributed by atoms with Crippen LogP contribution >= 0.6 is 0 Å². The number of pyridine rings is 1. The molecule has 0 saturated heterocycles. The standard InChI is InChI=1S/C16H14N2O3/c1-11-5-4-6-12(9-11)21-10-14-17-15(16(19)20)13-7-2-3-8-18(13)14/h2-9H,10H2,1H3,(H,19,20). The molecular formula is C16H14N2O3. The number of hydrogen-bond donors (Lipinski definition) is 1. The first kappa shape index (κ1) is 13.2. The third kappa shape index (κ3) is 2.58. The molecule has 0 unspecified atom stereocenters. The first-order valence-electron chi connectivity index (χ1n) is 6.54. The van der Waals surface area contributed by atoms with E-state index in [1.807, 2.05) is 37.3 Å². The van der Waals surface area contributed by atoms with Gasteiger partial charge in [-0.25, -0.2) is 9.78 Å². The largest absolute Gasteiger partial charge is 0.486 e. The van der Waals surface area contributed by atoms with Gasteiger partial charge in [0.2, 0.25) is 0 Å². The molecule has 0 amide bonds. The van der Waals surface area contributed by atoms with Crippen LogP contribution in [-0.2, 0) is 6.61 Å². The number of ether oxygens (including phenoxy) is 1. The van der Waals surface area contributed by atoms with Gasteiger partial charge in [-0.05, 0) is 36.8 Å². The van der Waals surface area contributed by atoms with Crippen molar-refractivity contribution in [2.45, 2.75) is 13.5 Å². The summed E-state index contributed by atoms with van der Waals surface area (Å²) in [6.07, 6.45) is 1.78. The quantitative estimate of drug-likeness (QED) is 0.799. The molecule has 0 saturated carbocycles. The molecule has 3 aromatic rings. The number of carboxylic acid groups (broad SMARTS) is 1. The van der Waals surface area contributed by atoms with Gasteiger partial charge in [-0.2, -0.15) is 0 Å². The van der Waals surface area contributed by atoms with Gasteiger partial charge in [-0.3, -0.25) is 4.40 Å². The van der Waals surface area contributed by atoms with Crippen LogP contribution in [-0.4, -0.2) is 20.5 Å². The van der Waals surface area contributed by atoms with Gasteiger partial charge in [0, 0.05) is 6.20 Å². The first-order valence-corrected chi connectivity index (χ1v) is 6.54. The molecule has 2 aromatic heterocycles. The Balaban J connectivity index is 1.92. The zero-order chi connectivity index (χ0) is 14.8. The molecule has 0 aliphatic carbocycles. The van der Waals surface area contributed by atoms with Crippen molar-refractivity contribution in [3.63, 3.8) is 0 Å². The summed E-state index contributed by atoms with van der Waals surface area (Å²) in [4.78, 5) is 15.4. The molecule has 1 N–H and O–H groups in total. The molecule has 5 nitrogen and oxygen atoms in total. The smallest absolute Gasteiger partial charge is 0.356 e. The maximum Gasteiger partial charge on any atom is 0.356 e. The normalized spacial score (nSPS) is 10.7. The number of aromatic nitrogens is 2. The van der Waals surface area contributed by atoms with Gasteiger partial charge in [-0.15, -0.1) is 0 Å². The summed E-state index contributed by atoms with van der Waals surface area (Å²) in [6, 6.07) is 13.0. The Morgan fingerprint density at radius 2 is 2.14 bits per heavy atom. The predicted octanol–water partition coefficient (Wildman–Crippen LogP) is 2.92. The van der Waals surface area contributed by atoms with E-state index >= 15 is 0 Å². The van der Waals surface area contributed by atoms with Crippen LogP contribution in [0.15, 0.2) is 48.7 Å². The Bertz CT molecular complexity index is 808. The van der Waals surface area contributed by atoms with Gasteiger partial charge in [-0.1, -0.05) is 18.2 Å². The molecule has 3 rings (SSSR count). The van der Waals surface area contributed by atoms with E-state index < -0.39 is 5.97 Å². The number of imidazole rings is 1. The Kier molecular flexibility index (Phi) is 3.31. The van der Waals surface area contributed by atoms with Gasteiger partial charge in [0.15, 0.2) is 11.5 Å². The average molecular weight is 282 g/mol. The van der Waals surface area contributed by atoms with E-state index in [1.54, 1.807) is 22.7 Å². The SMILES string of the molecule is Cc1cccc(OCc2nc(C(=O)O)c3ccccn23)c1. The van der Waals surface area contributed by atoms with Gasteiger partial charge >= 0.3 is 5.97 Å². The van der Waals surface area contributed by atoms with Crippen molar-refractivity contribution in [1.82, 2.24) is 9.38 Å². The number of aryl methyl sites for hydroxylation is 1. The van der Waals surface area contributed by atoms with Crippen LogP contribution in [0.1, 0.15) is 21.9 Å². The summed E-state index contributed by atoms with van der Waals surface area (Å²) >= 11 is 0. The molecule has 2 heterocycles. The molecule has 106 valence electrons. The summed E-state index contributed by atoms with van der Waals surface area (Å²) in [6.45, 7) is 2.20. The molecule has 1 aromatic carbocycles. The van der Waals surface area contributed by atoms with E-state index in [0.29, 0.717) is 11.3 Å². The maximum absolute atomic E-state index is 11.2. The summed E-state index contributed by atoms with van der Waals surface area (Å²) < 4.78 is 7.43. The lowest BCUT2D eigenvalue weighted by atomic mass is 10.2. The molecule has 0 atom stereocenters. The van der Waals surface area contributed by atoms with Crippen molar-refractivity contribution in [2.24, 2.45) is 0 Å². The monoisotopic (exact) mass is 282 g/mol. The number of carboxylic acids is 1. The van der Waals surface area contributed by atoms with Crippen LogP contribution in [0.3, 0.4) is 0 Å². The zero-order valence-corrected chi connectivity index (χ0v) is 11.5. The third-order valence-corrected chi connectivity index (χ3v) is 3.18. The van der Waals surface area contributed by atoms with E-state index in [-0.39, 0.29) is 12.3 Å². The van der Waals surface area contributed by atoms with Crippen molar-refractivity contribution in [1.29, 1.82) is 0 Å². The lowest BCUT2D eigenvalue weighted by Crippen LogP contribution is -2.01. The third-order valence-electron chi connectivity index (χ3n) is 3.18. The highest BCUT2D eigenvalue weighted by atomic mass is 16.5. The molecule has 0 fully saturated rings. The zero-order valence-electron chi connectivity index (χ0n) is 11.5. The van der Waals surface area contributed by atoms with Gasteiger partial charge in [0.05, 0.1) is 5.52 Å². The highest BCUT2D eigenvalue weighted by molar-refractivity contribution is 5.93. The second kappa shape index (κ2) is 5.28. The summed E-state index contributed by atoms with van der Waals surface area (Å²) in [5.41, 5.74) is 1.71. The van der Waals surface area contributed by atoms with Crippen molar-refractivity contribution in [3.05, 3.63) is 65.7 Å². The minimum absolute atomic E-state index is 0.0402. The van der Waals surface area contributed by atoms with Crippen LogP contribution in [0.25, 0.3) is 5.52 Å². The minimum Gasteiger partial charge on any atom is -0.486 e. The second-order valence-corrected chi connectivity index (χ2v) is 4.74. The molecule has 5 heteroatoms. The number of aromatic carboxylic acids is 1. The van der Waals surface area contributed by atoms with E-state index in [2.05, 4.69) is 4.98 Å². The van der Waals surface area contributed by atoms with Crippen LogP contribution in [0.5, 0.6) is 5.75 Å². The van der Waals surface area contributed by atoms with Gasteiger partial charge in [0.1, 0.15) is 12.4 Å². The molecule has 0 aliphatic rings. The fraction of sp³-hybridized carbons (Fsp3) is 0.125. The molecule has 0 aliphatic heterocycles. The Morgan fingerprint density at radius 3 is 2.90 bits per heavy atom. The van der Waals surface area contributed by atoms with Crippen LogP contribution in [0.2, 0.25) is 0 Å². The first-order chi connectivity index (χ1) is 10.1. The maximum atomic E-state index is 11.2. The predicted molar refractivity (Wildman–Crippen MR) is 77.7 cm³/mol. The van der Waals surface area contributed by atoms with E-state index in [9.17, 15) is 9.90 Å². The Labute approximate surface area is 121 Å². The second-order valence-electron chi connectivity index (χ2n) is 4.74. The topological polar surface area (TPSA) is 63.8 Å². The lowest BCUT2D eigenvalue weighted by Gasteiger charge is -2.06. The molecule has 21 heavy (non-hydrogen) atoms. The number of hydrogen-bond acceptors (Lipinski definition) is 3. The number of fused-ring (bicyclic) bond motifs is 1. The highest BCUT2D eigenvalue weighted by Crippen LogP contribution is 2.17. The molecule has 0 radical (unpaired) electrons. The van der Waals surface area contributed by atoms with Gasteiger partial charge in [0.25, 0.3) is 0 Å². The van der Waals surface area contributed by atoms with Crippen molar-refractivity contribution in [3.8, 4) is 5.75 Å². The Hall–Kier alpha value is -2.82. The van der Waals surface area contributed by atoms with Crippen molar-refractivity contribution >= 4 is 11.5 Å². The number of rotatable bonds is 4. The minimum atomic E-state index is -1.04. The lowest BCUT2D eigenvalue weighted by molar-refractivity contribution is 0.0693. The fourth-order valence-electron chi connectivity index (χ4n) is 2.21.